The SMILES string of the molecule is Cn1cnnc1C1(F)CCN(c2c(-c3cnc4nn(C(C)(C)C)cc4c3)ccc(OCCC(C)(C)O)c2C#N)CC1. The van der Waals surface area contributed by atoms with Gasteiger partial charge in [0.2, 0.25) is 0 Å². The zero-order valence-corrected chi connectivity index (χ0v) is 24.5. The molecule has 0 bridgehead atoms. The van der Waals surface area contributed by atoms with Gasteiger partial charge in [0.15, 0.2) is 17.1 Å². The molecule has 1 aliphatic heterocycles. The van der Waals surface area contributed by atoms with Crippen molar-refractivity contribution in [2.24, 2.45) is 7.05 Å². The molecule has 3 aromatic heterocycles. The second-order valence-electron chi connectivity index (χ2n) is 12.5. The molecule has 4 heterocycles. The molecule has 11 heteroatoms. The van der Waals surface area contributed by atoms with Crippen LogP contribution in [0, 0.1) is 11.3 Å². The molecule has 1 aliphatic rings. The number of pyridine rings is 1. The Hall–Kier alpha value is -4.04. The molecule has 1 aromatic carbocycles. The first kappa shape index (κ1) is 28.5. The van der Waals surface area contributed by atoms with Crippen molar-refractivity contribution in [3.05, 3.63) is 48.3 Å². The number of piperidine rings is 1. The summed E-state index contributed by atoms with van der Waals surface area (Å²) in [7, 11) is 1.74. The molecular formula is C30H37FN8O2. The van der Waals surface area contributed by atoms with Crippen LogP contribution >= 0.6 is 0 Å². The third kappa shape index (κ3) is 5.75. The van der Waals surface area contributed by atoms with E-state index in [9.17, 15) is 10.4 Å². The maximum absolute atomic E-state index is 16.0. The van der Waals surface area contributed by atoms with Crippen molar-refractivity contribution in [2.45, 2.75) is 70.7 Å². The first-order chi connectivity index (χ1) is 19.3. The standard InChI is InChI=1S/C30H37FN8O2/c1-28(2,3)39-18-21-15-20(17-33-26(21)36-39)22-7-8-24(41-14-11-29(4,5)40)23(16-32)25(22)38-12-9-30(31,10-13-38)27-35-34-19-37(27)6/h7-8,15,17-19,40H,9-14H2,1-6H3. The number of alkyl halides is 1. The first-order valence-electron chi connectivity index (χ1n) is 13.9. The number of hydrogen-bond donors (Lipinski definition) is 1. The van der Waals surface area contributed by atoms with E-state index in [0.717, 1.165) is 16.5 Å². The number of nitrogens with zero attached hydrogens (tertiary/aromatic N) is 8. The topological polar surface area (TPSA) is 118 Å². The number of nitriles is 1. The van der Waals surface area contributed by atoms with Crippen LogP contribution in [0.1, 0.15) is 65.3 Å². The van der Waals surface area contributed by atoms with Gasteiger partial charge < -0.3 is 19.3 Å². The summed E-state index contributed by atoms with van der Waals surface area (Å²) in [6, 6.07) is 8.08. The minimum atomic E-state index is -1.61. The molecule has 0 unspecified atom stereocenters. The van der Waals surface area contributed by atoms with Crippen LogP contribution in [0.25, 0.3) is 22.2 Å². The van der Waals surface area contributed by atoms with E-state index < -0.39 is 11.3 Å². The summed E-state index contributed by atoms with van der Waals surface area (Å²) >= 11 is 0. The van der Waals surface area contributed by atoms with Gasteiger partial charge >= 0.3 is 0 Å². The number of hydrogen-bond acceptors (Lipinski definition) is 8. The van der Waals surface area contributed by atoms with Crippen LogP contribution in [0.3, 0.4) is 0 Å². The minimum absolute atomic E-state index is 0.197. The lowest BCUT2D eigenvalue weighted by Crippen LogP contribution is -2.42. The van der Waals surface area contributed by atoms with Gasteiger partial charge in [-0.1, -0.05) is 0 Å². The highest BCUT2D eigenvalue weighted by Crippen LogP contribution is 2.43. The monoisotopic (exact) mass is 560 g/mol. The Labute approximate surface area is 239 Å². The molecule has 10 nitrogen and oxygen atoms in total. The van der Waals surface area contributed by atoms with Crippen LogP contribution in [-0.2, 0) is 18.3 Å². The van der Waals surface area contributed by atoms with E-state index in [2.05, 4.69) is 47.1 Å². The highest BCUT2D eigenvalue weighted by Gasteiger charge is 2.41. The Morgan fingerprint density at radius 2 is 1.90 bits per heavy atom. The predicted molar refractivity (Wildman–Crippen MR) is 154 cm³/mol. The molecule has 0 saturated carbocycles. The fourth-order valence-electron chi connectivity index (χ4n) is 5.18. The molecule has 0 spiro atoms. The van der Waals surface area contributed by atoms with Gasteiger partial charge in [-0.15, -0.1) is 10.2 Å². The van der Waals surface area contributed by atoms with Crippen LogP contribution in [-0.4, -0.2) is 59.9 Å². The molecule has 1 fully saturated rings. The Kier molecular flexibility index (Phi) is 7.24. The highest BCUT2D eigenvalue weighted by atomic mass is 19.1. The van der Waals surface area contributed by atoms with Gasteiger partial charge in [-0.3, -0.25) is 4.68 Å². The Balaban J connectivity index is 1.56. The summed E-state index contributed by atoms with van der Waals surface area (Å²) in [6.07, 6.45) is 6.05. The van der Waals surface area contributed by atoms with Crippen molar-refractivity contribution >= 4 is 16.7 Å². The van der Waals surface area contributed by atoms with E-state index in [-0.39, 0.29) is 25.0 Å². The molecule has 0 aliphatic carbocycles. The number of aryl methyl sites for hydroxylation is 1. The van der Waals surface area contributed by atoms with E-state index in [1.165, 1.54) is 6.33 Å². The van der Waals surface area contributed by atoms with Gasteiger partial charge in [-0.05, 0) is 52.8 Å². The minimum Gasteiger partial charge on any atom is -0.492 e. The number of aliphatic hydroxyl groups is 1. The van der Waals surface area contributed by atoms with E-state index in [0.29, 0.717) is 48.0 Å². The van der Waals surface area contributed by atoms with Crippen LogP contribution in [0.5, 0.6) is 5.75 Å². The lowest BCUT2D eigenvalue weighted by molar-refractivity contribution is 0.0553. The number of fused-ring (bicyclic) bond motifs is 1. The van der Waals surface area contributed by atoms with Crippen LogP contribution in [0.2, 0.25) is 0 Å². The number of benzene rings is 1. The van der Waals surface area contributed by atoms with Crippen LogP contribution < -0.4 is 9.64 Å². The summed E-state index contributed by atoms with van der Waals surface area (Å²) in [5, 5.41) is 33.9. The number of aromatic nitrogens is 6. The van der Waals surface area contributed by atoms with Gasteiger partial charge in [0.25, 0.3) is 0 Å². The van der Waals surface area contributed by atoms with Crippen molar-refractivity contribution < 1.29 is 14.2 Å². The Morgan fingerprint density at radius 1 is 1.17 bits per heavy atom. The lowest BCUT2D eigenvalue weighted by atomic mass is 9.90. The van der Waals surface area contributed by atoms with E-state index in [4.69, 9.17) is 4.74 Å². The van der Waals surface area contributed by atoms with Gasteiger partial charge in [0.05, 0.1) is 23.4 Å². The summed E-state index contributed by atoms with van der Waals surface area (Å²) < 4.78 is 25.6. The van der Waals surface area contributed by atoms with Crippen molar-refractivity contribution in [3.8, 4) is 22.9 Å². The first-order valence-corrected chi connectivity index (χ1v) is 13.9. The summed E-state index contributed by atoms with van der Waals surface area (Å²) in [4.78, 5) is 6.68. The third-order valence-corrected chi connectivity index (χ3v) is 7.56. The Morgan fingerprint density at radius 3 is 2.51 bits per heavy atom. The molecule has 1 saturated heterocycles. The quantitative estimate of drug-likeness (QED) is 0.341. The van der Waals surface area contributed by atoms with Crippen molar-refractivity contribution in [1.29, 1.82) is 5.26 Å². The van der Waals surface area contributed by atoms with E-state index in [1.54, 1.807) is 37.7 Å². The summed E-state index contributed by atoms with van der Waals surface area (Å²) in [5.74, 6) is 0.738. The summed E-state index contributed by atoms with van der Waals surface area (Å²) in [6.45, 7) is 10.7. The average Bonchev–Trinajstić information content (AvgIpc) is 3.54. The van der Waals surface area contributed by atoms with Gasteiger partial charge in [0.1, 0.15) is 23.7 Å². The number of halogens is 1. The maximum atomic E-state index is 16.0. The second kappa shape index (κ2) is 10.4. The largest absolute Gasteiger partial charge is 0.492 e. The Bertz CT molecular complexity index is 1600. The average molecular weight is 561 g/mol. The molecular weight excluding hydrogens is 523 g/mol. The fourth-order valence-corrected chi connectivity index (χ4v) is 5.18. The van der Waals surface area contributed by atoms with Crippen LogP contribution in [0.15, 0.2) is 36.9 Å². The van der Waals surface area contributed by atoms with E-state index in [1.807, 2.05) is 27.9 Å². The van der Waals surface area contributed by atoms with E-state index >= 15 is 4.39 Å². The predicted octanol–water partition coefficient (Wildman–Crippen LogP) is 4.86. The zero-order chi connectivity index (χ0) is 29.6. The highest BCUT2D eigenvalue weighted by molar-refractivity contribution is 5.89. The second-order valence-corrected chi connectivity index (χ2v) is 12.5. The molecule has 5 rings (SSSR count). The van der Waals surface area contributed by atoms with Crippen molar-refractivity contribution in [2.75, 3.05) is 24.6 Å². The van der Waals surface area contributed by atoms with Gasteiger partial charge in [-0.25, -0.2) is 9.37 Å². The molecule has 0 radical (unpaired) electrons. The molecule has 4 aromatic rings. The lowest BCUT2D eigenvalue weighted by Gasteiger charge is -2.38. The number of rotatable bonds is 7. The molecule has 1 N–H and O–H groups in total. The summed E-state index contributed by atoms with van der Waals surface area (Å²) in [5.41, 5.74) is 0.609. The maximum Gasteiger partial charge on any atom is 0.181 e. The normalized spacial score (nSPS) is 15.7. The number of anilines is 1. The molecule has 0 atom stereocenters. The van der Waals surface area contributed by atoms with Crippen molar-refractivity contribution in [1.82, 2.24) is 29.5 Å². The smallest absolute Gasteiger partial charge is 0.181 e. The zero-order valence-electron chi connectivity index (χ0n) is 24.5. The van der Waals surface area contributed by atoms with Gasteiger partial charge in [-0.2, -0.15) is 10.4 Å². The fraction of sp³-hybridized carbons (Fsp3) is 0.500. The third-order valence-electron chi connectivity index (χ3n) is 7.56. The molecule has 216 valence electrons. The van der Waals surface area contributed by atoms with Gasteiger partial charge in [0, 0.05) is 68.3 Å². The number of ether oxygens (including phenoxy) is 1. The molecule has 41 heavy (non-hydrogen) atoms. The molecule has 0 amide bonds. The van der Waals surface area contributed by atoms with Crippen molar-refractivity contribution in [3.63, 3.8) is 0 Å². The van der Waals surface area contributed by atoms with Crippen LogP contribution in [0.4, 0.5) is 10.1 Å².